The highest BCUT2D eigenvalue weighted by Gasteiger charge is 2.31. The van der Waals surface area contributed by atoms with E-state index >= 15 is 0 Å². The van der Waals surface area contributed by atoms with Crippen molar-refractivity contribution in [3.63, 3.8) is 0 Å². The number of benzene rings is 2. The van der Waals surface area contributed by atoms with Gasteiger partial charge in [0.2, 0.25) is 0 Å². The van der Waals surface area contributed by atoms with Crippen LogP contribution < -0.4 is 5.63 Å². The van der Waals surface area contributed by atoms with Crippen LogP contribution in [0.25, 0.3) is 16.7 Å². The zero-order chi connectivity index (χ0) is 20.7. The molecule has 0 unspecified atom stereocenters. The van der Waals surface area contributed by atoms with Crippen molar-refractivity contribution < 1.29 is 4.42 Å². The van der Waals surface area contributed by atoms with Gasteiger partial charge in [0.15, 0.2) is 5.16 Å². The first kappa shape index (κ1) is 19.4. The maximum Gasteiger partial charge on any atom is 0.336 e. The Morgan fingerprint density at radius 2 is 1.93 bits per heavy atom. The van der Waals surface area contributed by atoms with Gasteiger partial charge in [-0.25, -0.2) is 4.79 Å². The van der Waals surface area contributed by atoms with E-state index in [1.165, 1.54) is 0 Å². The van der Waals surface area contributed by atoms with Crippen LogP contribution in [0.5, 0.6) is 0 Å². The van der Waals surface area contributed by atoms with Crippen LogP contribution in [0.15, 0.2) is 62.9 Å². The molecule has 1 aliphatic carbocycles. The predicted molar refractivity (Wildman–Crippen MR) is 120 cm³/mol. The molecule has 1 aliphatic rings. The Hall–Kier alpha value is -2.57. The summed E-state index contributed by atoms with van der Waals surface area (Å²) in [6.07, 6.45) is 3.08. The number of aryl methyl sites for hydroxylation is 1. The van der Waals surface area contributed by atoms with Gasteiger partial charge in [0.25, 0.3) is 0 Å². The van der Waals surface area contributed by atoms with Crippen LogP contribution in [0.4, 0.5) is 0 Å². The Morgan fingerprint density at radius 1 is 1.13 bits per heavy atom. The van der Waals surface area contributed by atoms with Gasteiger partial charge in [0.1, 0.15) is 11.4 Å². The number of thioether (sulfide) groups is 1. The van der Waals surface area contributed by atoms with E-state index in [9.17, 15) is 4.79 Å². The third-order valence-corrected chi connectivity index (χ3v) is 6.68. The molecule has 0 amide bonds. The van der Waals surface area contributed by atoms with E-state index in [0.29, 0.717) is 22.3 Å². The van der Waals surface area contributed by atoms with E-state index in [2.05, 4.69) is 26.9 Å². The number of halogens is 1. The molecule has 5 rings (SSSR count). The Bertz CT molecular complexity index is 1280. The van der Waals surface area contributed by atoms with Gasteiger partial charge in [0, 0.05) is 33.8 Å². The van der Waals surface area contributed by atoms with Crippen LogP contribution in [0.2, 0.25) is 5.02 Å². The van der Waals surface area contributed by atoms with Gasteiger partial charge in [-0.1, -0.05) is 48.5 Å². The Balaban J connectivity index is 1.52. The number of para-hydroxylation sites is 1. The minimum absolute atomic E-state index is 0.356. The molecule has 2 aromatic heterocycles. The van der Waals surface area contributed by atoms with Crippen LogP contribution in [0, 0.1) is 0 Å². The second-order valence-electron chi connectivity index (χ2n) is 7.46. The van der Waals surface area contributed by atoms with Gasteiger partial charge in [-0.05, 0) is 54.7 Å². The first-order chi connectivity index (χ1) is 14.6. The molecule has 0 spiro atoms. The average Bonchev–Trinajstić information content (AvgIpc) is 3.52. The van der Waals surface area contributed by atoms with Gasteiger partial charge < -0.3 is 4.42 Å². The fourth-order valence-corrected chi connectivity index (χ4v) is 4.87. The van der Waals surface area contributed by atoms with Crippen LogP contribution in [0.3, 0.4) is 0 Å². The molecule has 0 aliphatic heterocycles. The zero-order valence-corrected chi connectivity index (χ0v) is 18.0. The van der Waals surface area contributed by atoms with E-state index in [0.717, 1.165) is 52.4 Å². The highest BCUT2D eigenvalue weighted by Crippen LogP contribution is 2.41. The Morgan fingerprint density at radius 3 is 2.67 bits per heavy atom. The molecule has 1 fully saturated rings. The monoisotopic (exact) mass is 437 g/mol. The zero-order valence-electron chi connectivity index (χ0n) is 16.5. The summed E-state index contributed by atoms with van der Waals surface area (Å²) in [7, 11) is 0. The smallest absolute Gasteiger partial charge is 0.336 e. The van der Waals surface area contributed by atoms with Crippen LogP contribution in [0.1, 0.15) is 42.6 Å². The Labute approximate surface area is 183 Å². The molecule has 5 nitrogen and oxygen atoms in total. The Kier molecular flexibility index (Phi) is 5.13. The second kappa shape index (κ2) is 7.93. The number of hydrogen-bond donors (Lipinski definition) is 0. The van der Waals surface area contributed by atoms with Crippen LogP contribution in [-0.2, 0) is 12.2 Å². The van der Waals surface area contributed by atoms with Crippen molar-refractivity contribution in [2.75, 3.05) is 0 Å². The molecule has 0 atom stereocenters. The highest BCUT2D eigenvalue weighted by molar-refractivity contribution is 7.98. The fourth-order valence-electron chi connectivity index (χ4n) is 3.62. The van der Waals surface area contributed by atoms with Crippen molar-refractivity contribution in [1.29, 1.82) is 0 Å². The molecule has 0 radical (unpaired) electrons. The summed E-state index contributed by atoms with van der Waals surface area (Å²) in [4.78, 5) is 12.1. The van der Waals surface area contributed by atoms with Gasteiger partial charge in [-0.15, -0.1) is 10.2 Å². The largest absolute Gasteiger partial charge is 0.423 e. The van der Waals surface area contributed by atoms with Crippen molar-refractivity contribution in [3.8, 4) is 5.69 Å². The summed E-state index contributed by atoms with van der Waals surface area (Å²) in [5.74, 6) is 2.05. The van der Waals surface area contributed by atoms with E-state index in [-0.39, 0.29) is 5.63 Å². The molecular weight excluding hydrogens is 418 g/mol. The lowest BCUT2D eigenvalue weighted by Crippen LogP contribution is -2.03. The second-order valence-corrected chi connectivity index (χ2v) is 8.81. The molecule has 1 saturated carbocycles. The van der Waals surface area contributed by atoms with Crippen LogP contribution in [-0.4, -0.2) is 14.8 Å². The maximum absolute atomic E-state index is 12.1. The van der Waals surface area contributed by atoms with E-state index < -0.39 is 0 Å². The molecule has 30 heavy (non-hydrogen) atoms. The minimum atomic E-state index is -0.356. The highest BCUT2D eigenvalue weighted by atomic mass is 35.5. The van der Waals surface area contributed by atoms with Gasteiger partial charge >= 0.3 is 5.63 Å². The first-order valence-corrected chi connectivity index (χ1v) is 11.4. The molecule has 0 saturated heterocycles. The lowest BCUT2D eigenvalue weighted by atomic mass is 10.1. The molecule has 2 heterocycles. The number of rotatable bonds is 6. The van der Waals surface area contributed by atoms with Crippen LogP contribution >= 0.6 is 23.4 Å². The normalized spacial score (nSPS) is 13.8. The number of fused-ring (bicyclic) bond motifs is 1. The minimum Gasteiger partial charge on any atom is -0.423 e. The molecule has 152 valence electrons. The van der Waals surface area contributed by atoms with Gasteiger partial charge in [-0.3, -0.25) is 4.57 Å². The lowest BCUT2D eigenvalue weighted by Gasteiger charge is -2.11. The quantitative estimate of drug-likeness (QED) is 0.283. The summed E-state index contributed by atoms with van der Waals surface area (Å²) < 4.78 is 7.57. The number of nitrogens with zero attached hydrogens (tertiary/aromatic N) is 3. The predicted octanol–water partition coefficient (Wildman–Crippen LogP) is 5.76. The van der Waals surface area contributed by atoms with Crippen molar-refractivity contribution in [1.82, 2.24) is 14.8 Å². The fraction of sp³-hybridized carbons (Fsp3) is 0.261. The van der Waals surface area contributed by atoms with Gasteiger partial charge in [-0.2, -0.15) is 0 Å². The third-order valence-electron chi connectivity index (χ3n) is 5.35. The van der Waals surface area contributed by atoms with Gasteiger partial charge in [0.05, 0.1) is 0 Å². The summed E-state index contributed by atoms with van der Waals surface area (Å²) >= 11 is 8.00. The number of aromatic nitrogens is 3. The summed E-state index contributed by atoms with van der Waals surface area (Å²) in [6.45, 7) is 2.03. The molecule has 7 heteroatoms. The number of hydrogen-bond acceptors (Lipinski definition) is 5. The lowest BCUT2D eigenvalue weighted by molar-refractivity contribution is 0.559. The molecule has 2 aromatic carbocycles. The van der Waals surface area contributed by atoms with E-state index in [1.54, 1.807) is 17.8 Å². The average molecular weight is 438 g/mol. The van der Waals surface area contributed by atoms with Crippen molar-refractivity contribution in [2.45, 2.75) is 43.0 Å². The SMILES string of the molecule is CCc1cc2oc(=O)cc(CSc3nnc(C4CC4)n3-c3ccccc3)c2cc1Cl. The van der Waals surface area contributed by atoms with Crippen molar-refractivity contribution in [2.24, 2.45) is 0 Å². The standard InChI is InChI=1S/C23H20ClN3O2S/c1-2-14-10-20-18(12-19(14)24)16(11-21(28)29-20)13-30-23-26-25-22(15-8-9-15)27(23)17-6-4-3-5-7-17/h3-7,10-12,15H,2,8-9,13H2,1H3. The third kappa shape index (κ3) is 3.66. The van der Waals surface area contributed by atoms with Crippen molar-refractivity contribution >= 4 is 34.3 Å². The molecular formula is C23H20ClN3O2S. The summed E-state index contributed by atoms with van der Waals surface area (Å²) in [6, 6.07) is 15.5. The van der Waals surface area contributed by atoms with Crippen molar-refractivity contribution in [3.05, 3.63) is 80.9 Å². The molecule has 0 bridgehead atoms. The molecule has 4 aromatic rings. The van der Waals surface area contributed by atoms with E-state index in [4.69, 9.17) is 16.0 Å². The topological polar surface area (TPSA) is 60.9 Å². The summed E-state index contributed by atoms with van der Waals surface area (Å²) in [5, 5.41) is 11.3. The maximum atomic E-state index is 12.1. The molecule has 0 N–H and O–H groups in total. The summed E-state index contributed by atoms with van der Waals surface area (Å²) in [5.41, 5.74) is 3.12. The van der Waals surface area contributed by atoms with E-state index in [1.807, 2.05) is 37.3 Å². The first-order valence-electron chi connectivity index (χ1n) is 10.0.